The van der Waals surface area contributed by atoms with Gasteiger partial charge in [-0.25, -0.2) is 0 Å². The van der Waals surface area contributed by atoms with Gasteiger partial charge in [-0.3, -0.25) is 4.79 Å². The maximum Gasteiger partial charge on any atom is 0.291 e. The van der Waals surface area contributed by atoms with E-state index in [0.717, 1.165) is 0 Å². The Morgan fingerprint density at radius 1 is 1.30 bits per heavy atom. The first-order valence-electron chi connectivity index (χ1n) is 5.65. The minimum absolute atomic E-state index is 0.101. The van der Waals surface area contributed by atoms with Crippen molar-refractivity contribution < 1.29 is 9.21 Å². The Kier molecular flexibility index (Phi) is 4.70. The van der Waals surface area contributed by atoms with E-state index in [-0.39, 0.29) is 17.5 Å². The number of carbonyl (C=O) groups excluding carboxylic acids is 1. The van der Waals surface area contributed by atoms with Crippen LogP contribution in [0.5, 0.6) is 0 Å². The molecule has 0 atom stereocenters. The lowest BCUT2D eigenvalue weighted by Gasteiger charge is -2.06. The topological polar surface area (TPSA) is 68.3 Å². The first kappa shape index (κ1) is 14.5. The third-order valence-electron chi connectivity index (χ3n) is 2.35. The summed E-state index contributed by atoms with van der Waals surface area (Å²) in [4.78, 5) is 11.9. The number of halogens is 2. The highest BCUT2D eigenvalue weighted by Gasteiger charge is 2.12. The van der Waals surface area contributed by atoms with Gasteiger partial charge in [-0.15, -0.1) is 0 Å². The van der Waals surface area contributed by atoms with Gasteiger partial charge in [0.25, 0.3) is 5.91 Å². The average Bonchev–Trinajstić information content (AvgIpc) is 2.86. The molecule has 1 aromatic heterocycles. The number of hydrogen-bond acceptors (Lipinski definition) is 3. The van der Waals surface area contributed by atoms with E-state index in [1.165, 1.54) is 12.1 Å². The first-order chi connectivity index (χ1) is 9.60. The van der Waals surface area contributed by atoms with E-state index in [1.54, 1.807) is 18.2 Å². The lowest BCUT2D eigenvalue weighted by molar-refractivity contribution is 0.0997. The minimum atomic E-state index is -0.442. The van der Waals surface area contributed by atoms with Crippen LogP contribution in [0.2, 0.25) is 10.2 Å². The monoisotopic (exact) mass is 308 g/mol. The van der Waals surface area contributed by atoms with E-state index in [1.807, 2.05) is 0 Å². The molecular weight excluding hydrogens is 299 g/mol. The van der Waals surface area contributed by atoms with Crippen LogP contribution in [0.1, 0.15) is 16.1 Å². The van der Waals surface area contributed by atoms with Gasteiger partial charge in [0.2, 0.25) is 0 Å². The number of rotatable bonds is 2. The predicted octanol–water partition coefficient (Wildman–Crippen LogP) is 3.15. The van der Waals surface area contributed by atoms with Crippen LogP contribution in [-0.4, -0.2) is 12.5 Å². The zero-order valence-electron chi connectivity index (χ0n) is 10.2. The van der Waals surface area contributed by atoms with Crippen LogP contribution in [0, 0.1) is 11.8 Å². The third-order valence-corrected chi connectivity index (χ3v) is 2.88. The average molecular weight is 309 g/mol. The van der Waals surface area contributed by atoms with Crippen LogP contribution in [0.25, 0.3) is 0 Å². The predicted molar refractivity (Wildman–Crippen MR) is 79.1 cm³/mol. The standard InChI is InChI=1S/C14H10Cl2N2O2/c15-10-4-3-9(2-1-7-17)8-11(10)18-14(19)12-5-6-13(16)20-12/h3-6,8H,7,17H2,(H,18,19). The summed E-state index contributed by atoms with van der Waals surface area (Å²) in [6.45, 7) is 0.259. The Morgan fingerprint density at radius 2 is 2.10 bits per heavy atom. The lowest BCUT2D eigenvalue weighted by atomic mass is 10.2. The van der Waals surface area contributed by atoms with Crippen LogP contribution in [0.15, 0.2) is 34.7 Å². The molecule has 0 fully saturated rings. The lowest BCUT2D eigenvalue weighted by Crippen LogP contribution is -2.11. The van der Waals surface area contributed by atoms with E-state index < -0.39 is 5.91 Å². The molecule has 6 heteroatoms. The molecule has 1 aromatic carbocycles. The van der Waals surface area contributed by atoms with Crippen LogP contribution < -0.4 is 11.1 Å². The Bertz CT molecular complexity index is 699. The molecule has 1 amide bonds. The molecule has 4 nitrogen and oxygen atoms in total. The molecule has 102 valence electrons. The van der Waals surface area contributed by atoms with Gasteiger partial charge in [0.05, 0.1) is 17.3 Å². The number of amides is 1. The minimum Gasteiger partial charge on any atom is -0.440 e. The Morgan fingerprint density at radius 3 is 2.75 bits per heavy atom. The summed E-state index contributed by atoms with van der Waals surface area (Å²) in [7, 11) is 0. The number of furan rings is 1. The van der Waals surface area contributed by atoms with E-state index in [0.29, 0.717) is 16.3 Å². The second-order valence-corrected chi connectivity index (χ2v) is 4.54. The molecule has 2 rings (SSSR count). The molecule has 0 unspecified atom stereocenters. The summed E-state index contributed by atoms with van der Waals surface area (Å²) in [5.74, 6) is 5.24. The van der Waals surface area contributed by atoms with Crippen molar-refractivity contribution in [2.45, 2.75) is 0 Å². The van der Waals surface area contributed by atoms with E-state index in [9.17, 15) is 4.79 Å². The summed E-state index contributed by atoms with van der Waals surface area (Å²) in [5, 5.41) is 3.17. The second-order valence-electron chi connectivity index (χ2n) is 3.76. The smallest absolute Gasteiger partial charge is 0.291 e. The maximum atomic E-state index is 11.9. The van der Waals surface area contributed by atoms with E-state index in [4.69, 9.17) is 33.4 Å². The molecule has 2 aromatic rings. The largest absolute Gasteiger partial charge is 0.440 e. The quantitative estimate of drug-likeness (QED) is 0.837. The zero-order valence-corrected chi connectivity index (χ0v) is 11.8. The van der Waals surface area contributed by atoms with E-state index >= 15 is 0 Å². The Balaban J connectivity index is 2.22. The maximum absolute atomic E-state index is 11.9. The van der Waals surface area contributed by atoms with Crippen LogP contribution in [-0.2, 0) is 0 Å². The summed E-state index contributed by atoms with van der Waals surface area (Å²) in [6, 6.07) is 8.01. The van der Waals surface area contributed by atoms with Gasteiger partial charge >= 0.3 is 0 Å². The highest BCUT2D eigenvalue weighted by molar-refractivity contribution is 6.34. The number of anilines is 1. The van der Waals surface area contributed by atoms with Crippen molar-refractivity contribution in [2.75, 3.05) is 11.9 Å². The molecule has 0 aliphatic rings. The van der Waals surface area contributed by atoms with Gasteiger partial charge in [0, 0.05) is 5.56 Å². The zero-order chi connectivity index (χ0) is 14.5. The van der Waals surface area contributed by atoms with Crippen LogP contribution >= 0.6 is 23.2 Å². The first-order valence-corrected chi connectivity index (χ1v) is 6.41. The molecule has 0 radical (unpaired) electrons. The van der Waals surface area contributed by atoms with E-state index in [2.05, 4.69) is 17.2 Å². The number of carbonyl (C=O) groups is 1. The Labute approximate surface area is 125 Å². The van der Waals surface area contributed by atoms with Crippen molar-refractivity contribution >= 4 is 34.8 Å². The van der Waals surface area contributed by atoms with Crippen molar-refractivity contribution in [3.63, 3.8) is 0 Å². The molecule has 1 heterocycles. The van der Waals surface area contributed by atoms with Gasteiger partial charge < -0.3 is 15.5 Å². The molecule has 3 N–H and O–H groups in total. The molecule has 0 aliphatic heterocycles. The number of hydrogen-bond donors (Lipinski definition) is 2. The summed E-state index contributed by atoms with van der Waals surface area (Å²) in [6.07, 6.45) is 0. The Hall–Kier alpha value is -1.93. The highest BCUT2D eigenvalue weighted by Crippen LogP contribution is 2.24. The normalized spacial score (nSPS) is 9.75. The second kappa shape index (κ2) is 6.49. The van der Waals surface area contributed by atoms with Gasteiger partial charge in [-0.1, -0.05) is 23.4 Å². The third kappa shape index (κ3) is 3.55. The van der Waals surface area contributed by atoms with Gasteiger partial charge in [-0.2, -0.15) is 0 Å². The SMILES string of the molecule is NCC#Cc1ccc(Cl)c(NC(=O)c2ccc(Cl)o2)c1. The molecule has 0 saturated heterocycles. The summed E-state index contributed by atoms with van der Waals surface area (Å²) >= 11 is 11.6. The van der Waals surface area contributed by atoms with Crippen molar-refractivity contribution in [2.24, 2.45) is 5.73 Å². The number of benzene rings is 1. The fraction of sp³-hybridized carbons (Fsp3) is 0.0714. The molecule has 0 bridgehead atoms. The summed E-state index contributed by atoms with van der Waals surface area (Å²) in [5.41, 5.74) is 6.45. The molecule has 0 spiro atoms. The fourth-order valence-electron chi connectivity index (χ4n) is 1.47. The van der Waals surface area contributed by atoms with Crippen molar-refractivity contribution in [3.8, 4) is 11.8 Å². The number of nitrogens with two attached hydrogens (primary N) is 1. The van der Waals surface area contributed by atoms with Crippen LogP contribution in [0.3, 0.4) is 0 Å². The van der Waals surface area contributed by atoms with Crippen LogP contribution in [0.4, 0.5) is 5.69 Å². The van der Waals surface area contributed by atoms with Crippen molar-refractivity contribution in [1.29, 1.82) is 0 Å². The van der Waals surface area contributed by atoms with Gasteiger partial charge in [-0.05, 0) is 41.9 Å². The van der Waals surface area contributed by atoms with Crippen molar-refractivity contribution in [1.82, 2.24) is 0 Å². The van der Waals surface area contributed by atoms with Crippen molar-refractivity contribution in [3.05, 3.63) is 51.9 Å². The summed E-state index contributed by atoms with van der Waals surface area (Å²) < 4.78 is 5.02. The highest BCUT2D eigenvalue weighted by atomic mass is 35.5. The number of nitrogens with one attached hydrogen (secondary N) is 1. The molecule has 20 heavy (non-hydrogen) atoms. The van der Waals surface area contributed by atoms with Gasteiger partial charge in [0.1, 0.15) is 0 Å². The molecular formula is C14H10Cl2N2O2. The molecule has 0 saturated carbocycles. The van der Waals surface area contributed by atoms with Gasteiger partial charge in [0.15, 0.2) is 11.0 Å². The molecule has 0 aliphatic carbocycles. The fourth-order valence-corrected chi connectivity index (χ4v) is 1.78.